The fourth-order valence-corrected chi connectivity index (χ4v) is 2.57. The molecule has 1 aromatic rings. The van der Waals surface area contributed by atoms with Crippen LogP contribution in [-0.2, 0) is 0 Å². The number of amides is 1. The van der Waals surface area contributed by atoms with E-state index in [1.54, 1.807) is 0 Å². The first-order valence-electron chi connectivity index (χ1n) is 5.59. The van der Waals surface area contributed by atoms with Gasteiger partial charge in [-0.05, 0) is 67.8 Å². The average Bonchev–Trinajstić information content (AvgIpc) is 2.19. The van der Waals surface area contributed by atoms with Crippen molar-refractivity contribution in [2.45, 2.75) is 38.6 Å². The second-order valence-corrected chi connectivity index (χ2v) is 6.01. The molecule has 2 rings (SSSR count). The maximum Gasteiger partial charge on any atom is 0.252 e. The summed E-state index contributed by atoms with van der Waals surface area (Å²) in [6.07, 6.45) is 3.42. The normalized spacial score (nSPS) is 17.7. The zero-order valence-electron chi connectivity index (χ0n) is 9.64. The molecule has 2 nitrogen and oxygen atoms in total. The lowest BCUT2D eigenvalue weighted by Gasteiger charge is -2.39. The molecule has 0 atom stereocenters. The van der Waals surface area contributed by atoms with Crippen LogP contribution in [0.2, 0.25) is 0 Å². The Bertz CT molecular complexity index is 424. The molecule has 16 heavy (non-hydrogen) atoms. The predicted molar refractivity (Wildman–Crippen MR) is 73.6 cm³/mol. The average molecular weight is 329 g/mol. The maximum atomic E-state index is 12.1. The molecule has 0 spiro atoms. The molecule has 1 aliphatic rings. The van der Waals surface area contributed by atoms with Gasteiger partial charge in [-0.3, -0.25) is 4.79 Å². The molecule has 1 N–H and O–H groups in total. The Morgan fingerprint density at radius 1 is 1.44 bits per heavy atom. The SMILES string of the molecule is Cc1ccc(I)c(C(=O)NC2(C)CCC2)c1. The quantitative estimate of drug-likeness (QED) is 0.829. The minimum atomic E-state index is 0.0317. The molecule has 0 saturated heterocycles. The van der Waals surface area contributed by atoms with Crippen LogP contribution in [0.5, 0.6) is 0 Å². The molecule has 0 unspecified atom stereocenters. The maximum absolute atomic E-state index is 12.1. The number of benzene rings is 1. The van der Waals surface area contributed by atoms with Gasteiger partial charge in [-0.1, -0.05) is 11.6 Å². The van der Waals surface area contributed by atoms with Crippen molar-refractivity contribution in [1.29, 1.82) is 0 Å². The first kappa shape index (κ1) is 11.9. The summed E-state index contributed by atoms with van der Waals surface area (Å²) < 4.78 is 1.02. The Balaban J connectivity index is 2.17. The third-order valence-corrected chi connectivity index (χ3v) is 4.18. The van der Waals surface area contributed by atoms with E-state index in [1.165, 1.54) is 6.42 Å². The zero-order valence-corrected chi connectivity index (χ0v) is 11.8. The van der Waals surface area contributed by atoms with Crippen LogP contribution < -0.4 is 5.32 Å². The predicted octanol–water partition coefficient (Wildman–Crippen LogP) is 3.27. The van der Waals surface area contributed by atoms with E-state index >= 15 is 0 Å². The summed E-state index contributed by atoms with van der Waals surface area (Å²) in [6, 6.07) is 5.98. The number of hydrogen-bond acceptors (Lipinski definition) is 1. The fraction of sp³-hybridized carbons (Fsp3) is 0.462. The summed E-state index contributed by atoms with van der Waals surface area (Å²) in [5.74, 6) is 0.0651. The highest BCUT2D eigenvalue weighted by molar-refractivity contribution is 14.1. The van der Waals surface area contributed by atoms with Gasteiger partial charge in [0, 0.05) is 9.11 Å². The number of rotatable bonds is 2. The summed E-state index contributed by atoms with van der Waals surface area (Å²) in [5, 5.41) is 3.13. The Morgan fingerprint density at radius 2 is 2.12 bits per heavy atom. The fourth-order valence-electron chi connectivity index (χ4n) is 1.99. The molecule has 0 aliphatic heterocycles. The summed E-state index contributed by atoms with van der Waals surface area (Å²) in [4.78, 5) is 12.1. The zero-order chi connectivity index (χ0) is 11.8. The molecule has 3 heteroatoms. The lowest BCUT2D eigenvalue weighted by atomic mass is 9.78. The smallest absolute Gasteiger partial charge is 0.252 e. The third-order valence-electron chi connectivity index (χ3n) is 3.24. The van der Waals surface area contributed by atoms with Gasteiger partial charge in [0.15, 0.2) is 0 Å². The topological polar surface area (TPSA) is 29.1 Å². The molecular formula is C13H16INO. The standard InChI is InChI=1S/C13H16INO/c1-9-4-5-11(14)10(8-9)12(16)15-13(2)6-3-7-13/h4-5,8H,3,6-7H2,1-2H3,(H,15,16). The molecule has 0 heterocycles. The van der Waals surface area contributed by atoms with Gasteiger partial charge in [-0.25, -0.2) is 0 Å². The van der Waals surface area contributed by atoms with Gasteiger partial charge >= 0.3 is 0 Å². The third kappa shape index (κ3) is 2.39. The van der Waals surface area contributed by atoms with Crippen LogP contribution in [0.15, 0.2) is 18.2 Å². The molecule has 1 saturated carbocycles. The van der Waals surface area contributed by atoms with E-state index < -0.39 is 0 Å². The van der Waals surface area contributed by atoms with Gasteiger partial charge in [-0.2, -0.15) is 0 Å². The molecule has 1 aliphatic carbocycles. The molecule has 0 bridgehead atoms. The van der Waals surface area contributed by atoms with Crippen molar-refractivity contribution in [2.75, 3.05) is 0 Å². The first-order valence-corrected chi connectivity index (χ1v) is 6.67. The number of aryl methyl sites for hydroxylation is 1. The first-order chi connectivity index (χ1) is 7.50. The van der Waals surface area contributed by atoms with E-state index in [0.717, 1.165) is 27.5 Å². The van der Waals surface area contributed by atoms with Crippen LogP contribution in [0.3, 0.4) is 0 Å². The Kier molecular flexibility index (Phi) is 3.24. The minimum absolute atomic E-state index is 0.0317. The second kappa shape index (κ2) is 4.35. The molecular weight excluding hydrogens is 313 g/mol. The molecule has 1 amide bonds. The van der Waals surface area contributed by atoms with Crippen molar-refractivity contribution < 1.29 is 4.79 Å². The molecule has 0 radical (unpaired) electrons. The van der Waals surface area contributed by atoms with E-state index in [4.69, 9.17) is 0 Å². The van der Waals surface area contributed by atoms with E-state index in [2.05, 4.69) is 34.8 Å². The lowest BCUT2D eigenvalue weighted by molar-refractivity contribution is 0.0849. The number of carbonyl (C=O) groups excluding carboxylic acids is 1. The summed E-state index contributed by atoms with van der Waals surface area (Å²) in [7, 11) is 0. The number of nitrogens with one attached hydrogen (secondary N) is 1. The van der Waals surface area contributed by atoms with Crippen LogP contribution in [0.4, 0.5) is 0 Å². The van der Waals surface area contributed by atoms with Crippen LogP contribution in [0, 0.1) is 10.5 Å². The van der Waals surface area contributed by atoms with Crippen molar-refractivity contribution in [3.8, 4) is 0 Å². The number of hydrogen-bond donors (Lipinski definition) is 1. The molecule has 0 aromatic heterocycles. The van der Waals surface area contributed by atoms with E-state index in [9.17, 15) is 4.79 Å². The van der Waals surface area contributed by atoms with E-state index in [1.807, 2.05) is 25.1 Å². The highest BCUT2D eigenvalue weighted by Crippen LogP contribution is 2.31. The van der Waals surface area contributed by atoms with Gasteiger partial charge in [-0.15, -0.1) is 0 Å². The van der Waals surface area contributed by atoms with Crippen molar-refractivity contribution in [3.05, 3.63) is 32.9 Å². The van der Waals surface area contributed by atoms with E-state index in [0.29, 0.717) is 0 Å². The van der Waals surface area contributed by atoms with Crippen molar-refractivity contribution in [2.24, 2.45) is 0 Å². The van der Waals surface area contributed by atoms with Crippen LogP contribution >= 0.6 is 22.6 Å². The van der Waals surface area contributed by atoms with Gasteiger partial charge in [0.05, 0.1) is 5.56 Å². The second-order valence-electron chi connectivity index (χ2n) is 4.85. The number of carbonyl (C=O) groups is 1. The van der Waals surface area contributed by atoms with Gasteiger partial charge in [0.1, 0.15) is 0 Å². The lowest BCUT2D eigenvalue weighted by Crippen LogP contribution is -2.51. The highest BCUT2D eigenvalue weighted by Gasteiger charge is 2.33. The Morgan fingerprint density at radius 3 is 2.69 bits per heavy atom. The Labute approximate surface area is 110 Å². The summed E-state index contributed by atoms with van der Waals surface area (Å²) in [6.45, 7) is 4.13. The van der Waals surface area contributed by atoms with Crippen molar-refractivity contribution in [3.63, 3.8) is 0 Å². The molecule has 1 aromatic carbocycles. The van der Waals surface area contributed by atoms with Crippen LogP contribution in [0.25, 0.3) is 0 Å². The summed E-state index contributed by atoms with van der Waals surface area (Å²) >= 11 is 2.21. The van der Waals surface area contributed by atoms with Crippen molar-refractivity contribution in [1.82, 2.24) is 5.32 Å². The largest absolute Gasteiger partial charge is 0.347 e. The monoisotopic (exact) mass is 329 g/mol. The van der Waals surface area contributed by atoms with Crippen molar-refractivity contribution >= 4 is 28.5 Å². The van der Waals surface area contributed by atoms with Gasteiger partial charge < -0.3 is 5.32 Å². The van der Waals surface area contributed by atoms with Crippen LogP contribution in [0.1, 0.15) is 42.1 Å². The van der Waals surface area contributed by atoms with E-state index in [-0.39, 0.29) is 11.4 Å². The molecule has 1 fully saturated rings. The van der Waals surface area contributed by atoms with Crippen LogP contribution in [-0.4, -0.2) is 11.4 Å². The molecule has 86 valence electrons. The Hall–Kier alpha value is -0.580. The van der Waals surface area contributed by atoms with Gasteiger partial charge in [0.2, 0.25) is 0 Å². The minimum Gasteiger partial charge on any atom is -0.347 e. The number of halogens is 1. The van der Waals surface area contributed by atoms with Gasteiger partial charge in [0.25, 0.3) is 5.91 Å². The summed E-state index contributed by atoms with van der Waals surface area (Å²) in [5.41, 5.74) is 1.96. The highest BCUT2D eigenvalue weighted by atomic mass is 127.